The van der Waals surface area contributed by atoms with Crippen LogP contribution in [0.5, 0.6) is 0 Å². The highest BCUT2D eigenvalue weighted by atomic mass is 31.1. The second kappa shape index (κ2) is 12.6. The Hall–Kier alpha value is -3.51. The van der Waals surface area contributed by atoms with Gasteiger partial charge in [-0.15, -0.1) is 0 Å². The van der Waals surface area contributed by atoms with E-state index in [0.29, 0.717) is 0 Å². The Morgan fingerprint density at radius 3 is 1.41 bits per heavy atom. The van der Waals surface area contributed by atoms with Gasteiger partial charge >= 0.3 is 0 Å². The van der Waals surface area contributed by atoms with Crippen molar-refractivity contribution in [1.82, 2.24) is 4.67 Å². The number of benzene rings is 5. The van der Waals surface area contributed by atoms with E-state index in [2.05, 4.69) is 163 Å². The summed E-state index contributed by atoms with van der Waals surface area (Å²) in [5.74, 6) is 0. The standard InChI is InChI=1S/C35H34NP/c1-29(31-19-9-3-10-20-31)36(37(33-23-13-5-14-24-33)34-25-15-6-16-26-34)35(32-21-11-4-12-22-32)28-27-30-17-7-2-8-18-30/h2-26,29,35H,27-28H2,1H3/t29-,35-/m0/s1. The van der Waals surface area contributed by atoms with Gasteiger partial charge in [-0.25, -0.2) is 0 Å². The zero-order valence-electron chi connectivity index (χ0n) is 21.4. The molecule has 0 saturated heterocycles. The van der Waals surface area contributed by atoms with Crippen molar-refractivity contribution in [3.8, 4) is 0 Å². The number of rotatable bonds is 10. The summed E-state index contributed by atoms with van der Waals surface area (Å²) >= 11 is 0. The van der Waals surface area contributed by atoms with Gasteiger partial charge in [0.1, 0.15) is 0 Å². The Labute approximate surface area is 223 Å². The number of aryl methyl sites for hydroxylation is 1. The van der Waals surface area contributed by atoms with Gasteiger partial charge in [-0.05, 0) is 47.1 Å². The van der Waals surface area contributed by atoms with Crippen molar-refractivity contribution in [3.63, 3.8) is 0 Å². The molecule has 0 unspecified atom stereocenters. The SMILES string of the molecule is C[C@@H](c1ccccc1)N([C@@H](CCc1ccccc1)c1ccccc1)P(c1ccccc1)c1ccccc1. The van der Waals surface area contributed by atoms with Gasteiger partial charge in [-0.2, -0.15) is 0 Å². The Bertz CT molecular complexity index is 1290. The number of hydrogen-bond donors (Lipinski definition) is 0. The minimum absolute atomic E-state index is 0.230. The summed E-state index contributed by atoms with van der Waals surface area (Å²) in [5, 5.41) is 2.76. The van der Waals surface area contributed by atoms with Crippen LogP contribution >= 0.6 is 8.07 Å². The summed E-state index contributed by atoms with van der Waals surface area (Å²) in [6.45, 7) is 2.38. The van der Waals surface area contributed by atoms with Crippen LogP contribution < -0.4 is 10.6 Å². The fraction of sp³-hybridized carbons (Fsp3) is 0.143. The van der Waals surface area contributed by atoms with Crippen molar-refractivity contribution in [1.29, 1.82) is 0 Å². The first-order valence-electron chi connectivity index (χ1n) is 13.1. The molecule has 0 amide bonds. The van der Waals surface area contributed by atoms with E-state index in [4.69, 9.17) is 0 Å². The van der Waals surface area contributed by atoms with E-state index in [1.165, 1.54) is 27.3 Å². The molecule has 0 radical (unpaired) electrons. The zero-order valence-corrected chi connectivity index (χ0v) is 22.3. The van der Waals surface area contributed by atoms with Crippen LogP contribution in [0.1, 0.15) is 42.1 Å². The molecule has 5 aromatic rings. The van der Waals surface area contributed by atoms with Crippen LogP contribution in [-0.2, 0) is 6.42 Å². The van der Waals surface area contributed by atoms with E-state index in [0.717, 1.165) is 12.8 Å². The van der Waals surface area contributed by atoms with Crippen LogP contribution in [-0.4, -0.2) is 4.67 Å². The summed E-state index contributed by atoms with van der Waals surface area (Å²) in [6.07, 6.45) is 2.08. The average molecular weight is 500 g/mol. The highest BCUT2D eigenvalue weighted by Gasteiger charge is 2.34. The zero-order chi connectivity index (χ0) is 25.3. The summed E-state index contributed by atoms with van der Waals surface area (Å²) in [7, 11) is -0.787. The predicted octanol–water partition coefficient (Wildman–Crippen LogP) is 8.47. The van der Waals surface area contributed by atoms with E-state index < -0.39 is 8.07 Å². The first-order chi connectivity index (χ1) is 18.3. The summed E-state index contributed by atoms with van der Waals surface area (Å²) in [6, 6.07) is 55.7. The quantitative estimate of drug-likeness (QED) is 0.174. The molecule has 0 bridgehead atoms. The molecule has 2 atom stereocenters. The fourth-order valence-electron chi connectivity index (χ4n) is 5.10. The molecule has 0 aromatic heterocycles. The maximum absolute atomic E-state index is 2.81. The molecule has 0 aliphatic carbocycles. The largest absolute Gasteiger partial charge is 0.260 e. The summed E-state index contributed by atoms with van der Waals surface area (Å²) in [4.78, 5) is 0. The van der Waals surface area contributed by atoms with Gasteiger partial charge in [0, 0.05) is 20.2 Å². The third kappa shape index (κ3) is 6.25. The van der Waals surface area contributed by atoms with Gasteiger partial charge in [-0.1, -0.05) is 152 Å². The molecule has 5 rings (SSSR count). The Morgan fingerprint density at radius 2 is 0.919 bits per heavy atom. The molecule has 0 spiro atoms. The van der Waals surface area contributed by atoms with Gasteiger partial charge in [-0.3, -0.25) is 4.67 Å². The molecule has 0 aliphatic rings. The van der Waals surface area contributed by atoms with Gasteiger partial charge in [0.25, 0.3) is 0 Å². The molecular formula is C35H34NP. The molecule has 5 aromatic carbocycles. The van der Waals surface area contributed by atoms with Crippen molar-refractivity contribution in [2.45, 2.75) is 31.8 Å². The lowest BCUT2D eigenvalue weighted by Gasteiger charge is -2.43. The third-order valence-electron chi connectivity index (χ3n) is 6.96. The molecule has 184 valence electrons. The van der Waals surface area contributed by atoms with Crippen LogP contribution in [0.4, 0.5) is 0 Å². The second-order valence-electron chi connectivity index (χ2n) is 9.40. The number of nitrogens with zero attached hydrogens (tertiary/aromatic N) is 1. The summed E-state index contributed by atoms with van der Waals surface area (Å²) < 4.78 is 2.81. The molecule has 2 heteroatoms. The van der Waals surface area contributed by atoms with Crippen molar-refractivity contribution in [2.75, 3.05) is 0 Å². The van der Waals surface area contributed by atoms with Crippen LogP contribution in [0, 0.1) is 0 Å². The van der Waals surface area contributed by atoms with Crippen LogP contribution in [0.25, 0.3) is 0 Å². The average Bonchev–Trinajstić information content (AvgIpc) is 2.99. The molecule has 0 heterocycles. The van der Waals surface area contributed by atoms with Gasteiger partial charge in [0.15, 0.2) is 0 Å². The first-order valence-corrected chi connectivity index (χ1v) is 14.4. The third-order valence-corrected chi connectivity index (χ3v) is 9.63. The minimum atomic E-state index is -0.787. The highest BCUT2D eigenvalue weighted by molar-refractivity contribution is 7.70. The predicted molar refractivity (Wildman–Crippen MR) is 160 cm³/mol. The van der Waals surface area contributed by atoms with Crippen molar-refractivity contribution in [3.05, 3.63) is 168 Å². The second-order valence-corrected chi connectivity index (χ2v) is 11.5. The maximum Gasteiger partial charge on any atom is 0.0400 e. The lowest BCUT2D eigenvalue weighted by Crippen LogP contribution is -2.34. The van der Waals surface area contributed by atoms with Crippen molar-refractivity contribution < 1.29 is 0 Å². The van der Waals surface area contributed by atoms with E-state index in [9.17, 15) is 0 Å². The number of hydrogen-bond acceptors (Lipinski definition) is 1. The highest BCUT2D eigenvalue weighted by Crippen LogP contribution is 2.51. The molecule has 1 nitrogen and oxygen atoms in total. The van der Waals surface area contributed by atoms with Crippen molar-refractivity contribution in [2.24, 2.45) is 0 Å². The monoisotopic (exact) mass is 499 g/mol. The summed E-state index contributed by atoms with van der Waals surface area (Å²) in [5.41, 5.74) is 4.11. The molecule has 0 fully saturated rings. The minimum Gasteiger partial charge on any atom is -0.260 e. The van der Waals surface area contributed by atoms with E-state index >= 15 is 0 Å². The topological polar surface area (TPSA) is 3.24 Å². The lowest BCUT2D eigenvalue weighted by atomic mass is 9.97. The molecular weight excluding hydrogens is 465 g/mol. The Kier molecular flexibility index (Phi) is 8.59. The molecule has 37 heavy (non-hydrogen) atoms. The van der Waals surface area contributed by atoms with Gasteiger partial charge in [0.2, 0.25) is 0 Å². The van der Waals surface area contributed by atoms with Gasteiger partial charge < -0.3 is 0 Å². The van der Waals surface area contributed by atoms with Crippen LogP contribution in [0.2, 0.25) is 0 Å². The van der Waals surface area contributed by atoms with Crippen LogP contribution in [0.15, 0.2) is 152 Å². The van der Waals surface area contributed by atoms with E-state index in [-0.39, 0.29) is 12.1 Å². The Morgan fingerprint density at radius 1 is 0.514 bits per heavy atom. The first kappa shape index (κ1) is 25.2. The molecule has 0 N–H and O–H groups in total. The molecule has 0 saturated carbocycles. The van der Waals surface area contributed by atoms with Crippen LogP contribution in [0.3, 0.4) is 0 Å². The van der Waals surface area contributed by atoms with Crippen molar-refractivity contribution >= 4 is 18.7 Å². The van der Waals surface area contributed by atoms with E-state index in [1.54, 1.807) is 0 Å². The van der Waals surface area contributed by atoms with Gasteiger partial charge in [0.05, 0.1) is 0 Å². The normalized spacial score (nSPS) is 12.9. The fourth-order valence-corrected chi connectivity index (χ4v) is 7.84. The van der Waals surface area contributed by atoms with E-state index in [1.807, 2.05) is 0 Å². The molecule has 0 aliphatic heterocycles. The smallest absolute Gasteiger partial charge is 0.0400 e. The lowest BCUT2D eigenvalue weighted by molar-refractivity contribution is 0.272. The Balaban J connectivity index is 1.66. The maximum atomic E-state index is 2.81.